The van der Waals surface area contributed by atoms with Crippen LogP contribution in [0.1, 0.15) is 42.5 Å². The Morgan fingerprint density at radius 2 is 1.51 bits per heavy atom. The van der Waals surface area contributed by atoms with E-state index in [2.05, 4.69) is 4.74 Å². The number of carbonyl (C=O) groups is 2. The maximum Gasteiger partial charge on any atom is 0.573 e. The molecule has 204 valence electrons. The van der Waals surface area contributed by atoms with Crippen LogP contribution in [-0.2, 0) is 9.59 Å². The molecule has 0 bridgehead atoms. The molecule has 1 fully saturated rings. The number of methoxy groups -OCH3 is 2. The number of amides is 1. The molecule has 1 atom stereocenters. The van der Waals surface area contributed by atoms with Crippen molar-refractivity contribution in [3.05, 3.63) is 89.0 Å². The molecule has 0 spiro atoms. The number of ether oxygens (including phenoxy) is 3. The summed E-state index contributed by atoms with van der Waals surface area (Å²) in [6, 6.07) is 15.0. The Morgan fingerprint density at radius 1 is 0.897 bits per heavy atom. The normalized spacial score (nSPS) is 17.0. The van der Waals surface area contributed by atoms with Gasteiger partial charge in [-0.15, -0.1) is 13.2 Å². The molecular formula is C29H26F3NO6. The van der Waals surface area contributed by atoms with Crippen molar-refractivity contribution in [2.24, 2.45) is 0 Å². The van der Waals surface area contributed by atoms with E-state index < -0.39 is 35.6 Å². The van der Waals surface area contributed by atoms with Crippen LogP contribution in [0.3, 0.4) is 0 Å². The lowest BCUT2D eigenvalue weighted by molar-refractivity contribution is -0.274. The van der Waals surface area contributed by atoms with Crippen LogP contribution in [0.25, 0.3) is 5.76 Å². The van der Waals surface area contributed by atoms with E-state index in [-0.39, 0.29) is 17.2 Å². The molecule has 7 nitrogen and oxygen atoms in total. The van der Waals surface area contributed by atoms with Crippen LogP contribution in [0.4, 0.5) is 18.9 Å². The minimum absolute atomic E-state index is 0.0323. The molecule has 3 aromatic rings. The average Bonchev–Trinajstić information content (AvgIpc) is 3.17. The molecule has 0 aromatic heterocycles. The predicted octanol–water partition coefficient (Wildman–Crippen LogP) is 6.35. The number of carbonyl (C=O) groups excluding carboxylic acids is 2. The number of ketones is 1. The number of aliphatic hydroxyl groups is 1. The first-order valence-corrected chi connectivity index (χ1v) is 11.9. The fourth-order valence-corrected chi connectivity index (χ4v) is 4.50. The molecule has 1 amide bonds. The Kier molecular flexibility index (Phi) is 7.58. The lowest BCUT2D eigenvalue weighted by atomic mass is 9.93. The van der Waals surface area contributed by atoms with E-state index in [9.17, 15) is 27.9 Å². The van der Waals surface area contributed by atoms with Gasteiger partial charge in [0.2, 0.25) is 0 Å². The molecule has 1 N–H and O–H groups in total. The van der Waals surface area contributed by atoms with Crippen LogP contribution in [-0.4, -0.2) is 37.4 Å². The number of nitrogens with zero attached hydrogens (tertiary/aromatic N) is 1. The summed E-state index contributed by atoms with van der Waals surface area (Å²) in [4.78, 5) is 27.8. The molecule has 1 saturated heterocycles. The van der Waals surface area contributed by atoms with Crippen molar-refractivity contribution in [1.29, 1.82) is 0 Å². The Balaban J connectivity index is 1.88. The van der Waals surface area contributed by atoms with Crippen molar-refractivity contribution in [2.45, 2.75) is 32.2 Å². The van der Waals surface area contributed by atoms with Gasteiger partial charge in [0.05, 0.1) is 25.8 Å². The second-order valence-corrected chi connectivity index (χ2v) is 9.10. The zero-order chi connectivity index (χ0) is 28.5. The summed E-state index contributed by atoms with van der Waals surface area (Å²) >= 11 is 0. The van der Waals surface area contributed by atoms with Crippen molar-refractivity contribution < 1.29 is 42.1 Å². The zero-order valence-corrected chi connectivity index (χ0v) is 21.6. The fourth-order valence-electron chi connectivity index (χ4n) is 4.50. The number of alkyl halides is 3. The monoisotopic (exact) mass is 541 g/mol. The topological polar surface area (TPSA) is 85.3 Å². The minimum atomic E-state index is -4.89. The number of halogens is 3. The molecule has 3 aromatic carbocycles. The Labute approximate surface area is 223 Å². The van der Waals surface area contributed by atoms with Crippen molar-refractivity contribution in [1.82, 2.24) is 0 Å². The van der Waals surface area contributed by atoms with Gasteiger partial charge < -0.3 is 19.3 Å². The van der Waals surface area contributed by atoms with Gasteiger partial charge >= 0.3 is 6.36 Å². The summed E-state index contributed by atoms with van der Waals surface area (Å²) in [7, 11) is 3.02. The van der Waals surface area contributed by atoms with E-state index in [0.29, 0.717) is 22.6 Å². The number of benzene rings is 3. The van der Waals surface area contributed by atoms with E-state index in [1.54, 1.807) is 42.5 Å². The summed E-state index contributed by atoms with van der Waals surface area (Å²) < 4.78 is 52.5. The standard InChI is InChI=1S/C29H26F3NO6/c1-16(2)22-15-18(7-14-23(22)38-4)26(34)24-25(17-5-10-20(37-3)11-6-17)33(28(36)27(24)35)19-8-12-21(13-9-19)39-29(30,31)32/h5-16,25,34H,1-4H3/b26-24-. The van der Waals surface area contributed by atoms with Gasteiger partial charge in [-0.2, -0.15) is 0 Å². The third kappa shape index (κ3) is 5.55. The molecule has 0 aliphatic carbocycles. The number of rotatable bonds is 7. The van der Waals surface area contributed by atoms with E-state index in [4.69, 9.17) is 9.47 Å². The van der Waals surface area contributed by atoms with Crippen LogP contribution < -0.4 is 19.1 Å². The Morgan fingerprint density at radius 3 is 2.05 bits per heavy atom. The van der Waals surface area contributed by atoms with E-state index in [1.165, 1.54) is 26.4 Å². The van der Waals surface area contributed by atoms with Gasteiger partial charge in [-0.3, -0.25) is 14.5 Å². The summed E-state index contributed by atoms with van der Waals surface area (Å²) in [5.41, 5.74) is 1.55. The summed E-state index contributed by atoms with van der Waals surface area (Å²) in [6.45, 7) is 3.90. The number of aliphatic hydroxyl groups excluding tert-OH is 1. The first-order valence-electron chi connectivity index (χ1n) is 11.9. The number of hydrogen-bond donors (Lipinski definition) is 1. The Bertz CT molecular complexity index is 1410. The second kappa shape index (κ2) is 10.7. The highest BCUT2D eigenvalue weighted by Crippen LogP contribution is 2.43. The largest absolute Gasteiger partial charge is 0.573 e. The summed E-state index contributed by atoms with van der Waals surface area (Å²) in [5, 5.41) is 11.4. The van der Waals surface area contributed by atoms with Gasteiger partial charge in [0.15, 0.2) is 0 Å². The Hall–Kier alpha value is -4.47. The van der Waals surface area contributed by atoms with Crippen molar-refractivity contribution >= 4 is 23.1 Å². The highest BCUT2D eigenvalue weighted by molar-refractivity contribution is 6.51. The minimum Gasteiger partial charge on any atom is -0.507 e. The quantitative estimate of drug-likeness (QED) is 0.213. The highest BCUT2D eigenvalue weighted by Gasteiger charge is 2.47. The van der Waals surface area contributed by atoms with Gasteiger partial charge in [0.1, 0.15) is 23.0 Å². The van der Waals surface area contributed by atoms with Gasteiger partial charge in [-0.05, 0) is 71.6 Å². The van der Waals surface area contributed by atoms with Gasteiger partial charge in [0.25, 0.3) is 11.7 Å². The third-order valence-electron chi connectivity index (χ3n) is 6.35. The van der Waals surface area contributed by atoms with Crippen molar-refractivity contribution in [3.8, 4) is 17.2 Å². The first kappa shape index (κ1) is 27.6. The third-order valence-corrected chi connectivity index (χ3v) is 6.35. The van der Waals surface area contributed by atoms with Crippen molar-refractivity contribution in [2.75, 3.05) is 19.1 Å². The van der Waals surface area contributed by atoms with Crippen LogP contribution in [0.5, 0.6) is 17.2 Å². The molecular weight excluding hydrogens is 515 g/mol. The lowest BCUT2D eigenvalue weighted by Crippen LogP contribution is -2.29. The van der Waals surface area contributed by atoms with Crippen molar-refractivity contribution in [3.63, 3.8) is 0 Å². The zero-order valence-electron chi connectivity index (χ0n) is 21.6. The maximum atomic E-state index is 13.4. The molecule has 1 heterocycles. The van der Waals surface area contributed by atoms with E-state index in [0.717, 1.165) is 22.6 Å². The fraction of sp³-hybridized carbons (Fsp3) is 0.241. The summed E-state index contributed by atoms with van der Waals surface area (Å²) in [5.74, 6) is -1.59. The number of Topliss-reactive ketones (excluding diaryl/α,β-unsaturated/α-hetero) is 1. The summed E-state index contributed by atoms with van der Waals surface area (Å²) in [6.07, 6.45) is -4.89. The van der Waals surface area contributed by atoms with Crippen LogP contribution in [0.2, 0.25) is 0 Å². The van der Waals surface area contributed by atoms with Gasteiger partial charge in [-0.1, -0.05) is 26.0 Å². The predicted molar refractivity (Wildman–Crippen MR) is 138 cm³/mol. The van der Waals surface area contributed by atoms with E-state index >= 15 is 0 Å². The molecule has 0 saturated carbocycles. The van der Waals surface area contributed by atoms with E-state index in [1.807, 2.05) is 13.8 Å². The van der Waals surface area contributed by atoms with Gasteiger partial charge in [-0.25, -0.2) is 0 Å². The molecule has 39 heavy (non-hydrogen) atoms. The first-order chi connectivity index (χ1) is 18.4. The molecule has 10 heteroatoms. The molecule has 1 aliphatic heterocycles. The number of anilines is 1. The number of hydrogen-bond acceptors (Lipinski definition) is 6. The van der Waals surface area contributed by atoms with Crippen LogP contribution in [0, 0.1) is 0 Å². The molecule has 4 rings (SSSR count). The van der Waals surface area contributed by atoms with Crippen LogP contribution >= 0.6 is 0 Å². The molecule has 1 unspecified atom stereocenters. The average molecular weight is 542 g/mol. The molecule has 0 radical (unpaired) electrons. The SMILES string of the molecule is COc1ccc(C2/C(=C(/O)c3ccc(OC)c(C(C)C)c3)C(=O)C(=O)N2c2ccc(OC(F)(F)F)cc2)cc1. The highest BCUT2D eigenvalue weighted by atomic mass is 19.4. The van der Waals surface area contributed by atoms with Crippen LogP contribution in [0.15, 0.2) is 72.3 Å². The lowest BCUT2D eigenvalue weighted by Gasteiger charge is -2.26. The molecule has 1 aliphatic rings. The van der Waals surface area contributed by atoms with Gasteiger partial charge in [0, 0.05) is 11.3 Å². The maximum absolute atomic E-state index is 13.4. The smallest absolute Gasteiger partial charge is 0.507 e. The second-order valence-electron chi connectivity index (χ2n) is 9.10.